The van der Waals surface area contributed by atoms with Gasteiger partial charge in [0.1, 0.15) is 0 Å². The predicted octanol–water partition coefficient (Wildman–Crippen LogP) is 2.05. The summed E-state index contributed by atoms with van der Waals surface area (Å²) in [5.74, 6) is 1.01. The molecule has 1 saturated carbocycles. The highest BCUT2D eigenvalue weighted by Gasteiger charge is 2.45. The molecule has 100 valence electrons. The summed E-state index contributed by atoms with van der Waals surface area (Å²) >= 11 is 3.37. The van der Waals surface area contributed by atoms with Crippen LogP contribution in [0.3, 0.4) is 0 Å². The maximum atomic E-state index is 11.7. The number of hydrogen-bond acceptors (Lipinski definition) is 4. The lowest BCUT2D eigenvalue weighted by Crippen LogP contribution is -2.57. The molecule has 1 aromatic heterocycles. The number of rotatable bonds is 6. The zero-order valence-electron chi connectivity index (χ0n) is 10.5. The second kappa shape index (κ2) is 6.08. The minimum absolute atomic E-state index is 0.00183. The summed E-state index contributed by atoms with van der Waals surface area (Å²) in [7, 11) is 0. The number of hydrogen-bond donors (Lipinski definition) is 2. The van der Waals surface area contributed by atoms with Crippen LogP contribution < -0.4 is 5.32 Å². The van der Waals surface area contributed by atoms with Crippen molar-refractivity contribution in [3.05, 3.63) is 22.4 Å². The largest absolute Gasteiger partial charge is 0.387 e. The maximum absolute atomic E-state index is 11.7. The van der Waals surface area contributed by atoms with Crippen molar-refractivity contribution in [3.8, 4) is 0 Å². The van der Waals surface area contributed by atoms with Gasteiger partial charge in [0.15, 0.2) is 0 Å². The first kappa shape index (κ1) is 13.9. The first-order valence-corrected chi connectivity index (χ1v) is 8.20. The summed E-state index contributed by atoms with van der Waals surface area (Å²) in [6.45, 7) is 2.48. The Kier molecular flexibility index (Phi) is 4.70. The summed E-state index contributed by atoms with van der Waals surface area (Å²) in [6.07, 6.45) is 2.26. The van der Waals surface area contributed by atoms with Crippen LogP contribution in [-0.4, -0.2) is 34.2 Å². The van der Waals surface area contributed by atoms with Gasteiger partial charge < -0.3 is 10.4 Å². The van der Waals surface area contributed by atoms with E-state index >= 15 is 0 Å². The second-order valence-corrected chi connectivity index (χ2v) is 7.13. The Balaban J connectivity index is 1.75. The van der Waals surface area contributed by atoms with Gasteiger partial charge in [-0.15, -0.1) is 11.3 Å². The van der Waals surface area contributed by atoms with Crippen LogP contribution in [-0.2, 0) is 11.2 Å². The molecule has 2 N–H and O–H groups in total. The van der Waals surface area contributed by atoms with Gasteiger partial charge in [-0.2, -0.15) is 11.8 Å². The van der Waals surface area contributed by atoms with Gasteiger partial charge in [0.2, 0.25) is 5.91 Å². The third-order valence-corrected chi connectivity index (χ3v) is 5.60. The molecule has 0 radical (unpaired) electrons. The number of thiophene rings is 1. The second-order valence-electron chi connectivity index (χ2n) is 4.62. The van der Waals surface area contributed by atoms with Crippen LogP contribution >= 0.6 is 23.1 Å². The smallest absolute Gasteiger partial charge is 0.225 e. The van der Waals surface area contributed by atoms with Gasteiger partial charge in [0.05, 0.1) is 12.0 Å². The van der Waals surface area contributed by atoms with E-state index in [9.17, 15) is 9.90 Å². The highest BCUT2D eigenvalue weighted by atomic mass is 32.2. The standard InChI is InChI=1S/C13H19NO2S2/c1-2-17-11-5-6-13(11,16)9-14-12(15)8-10-4-3-7-18-10/h3-4,7,11,16H,2,5-6,8-9H2,1H3,(H,14,15)/t11-,13+/m1/s1. The fourth-order valence-corrected chi connectivity index (χ4v) is 4.02. The average Bonchev–Trinajstić information content (AvgIpc) is 2.84. The van der Waals surface area contributed by atoms with Crippen LogP contribution in [0.15, 0.2) is 17.5 Å². The van der Waals surface area contributed by atoms with Crippen molar-refractivity contribution in [1.82, 2.24) is 5.32 Å². The Morgan fingerprint density at radius 3 is 3.11 bits per heavy atom. The van der Waals surface area contributed by atoms with Crippen molar-refractivity contribution >= 4 is 29.0 Å². The normalized spacial score (nSPS) is 26.7. The van der Waals surface area contributed by atoms with Gasteiger partial charge in [-0.05, 0) is 30.0 Å². The van der Waals surface area contributed by atoms with Crippen LogP contribution in [0, 0.1) is 0 Å². The molecular weight excluding hydrogens is 266 g/mol. The predicted molar refractivity (Wildman–Crippen MR) is 77.1 cm³/mol. The summed E-state index contributed by atoms with van der Waals surface area (Å²) in [6, 6.07) is 3.90. The summed E-state index contributed by atoms with van der Waals surface area (Å²) in [4.78, 5) is 12.8. The zero-order chi connectivity index (χ0) is 13.0. The molecule has 1 aromatic rings. The van der Waals surface area contributed by atoms with Crippen molar-refractivity contribution in [1.29, 1.82) is 0 Å². The van der Waals surface area contributed by atoms with E-state index in [1.54, 1.807) is 23.1 Å². The van der Waals surface area contributed by atoms with Crippen LogP contribution in [0.25, 0.3) is 0 Å². The number of carbonyl (C=O) groups is 1. The molecule has 2 atom stereocenters. The van der Waals surface area contributed by atoms with Crippen molar-refractivity contribution in [3.63, 3.8) is 0 Å². The first-order valence-electron chi connectivity index (χ1n) is 6.27. The van der Waals surface area contributed by atoms with Crippen LogP contribution in [0.1, 0.15) is 24.6 Å². The van der Waals surface area contributed by atoms with Gasteiger partial charge in [-0.25, -0.2) is 0 Å². The maximum Gasteiger partial charge on any atom is 0.225 e. The summed E-state index contributed by atoms with van der Waals surface area (Å²) < 4.78 is 0. The Bertz CT molecular complexity index is 394. The molecular formula is C13H19NO2S2. The molecule has 0 aliphatic heterocycles. The number of thioether (sulfide) groups is 1. The van der Waals surface area contributed by atoms with Gasteiger partial charge in [-0.1, -0.05) is 13.0 Å². The van der Waals surface area contributed by atoms with E-state index in [0.717, 1.165) is 23.5 Å². The van der Waals surface area contributed by atoms with Crippen molar-refractivity contribution in [2.75, 3.05) is 12.3 Å². The highest BCUT2D eigenvalue weighted by molar-refractivity contribution is 8.00. The molecule has 1 aliphatic rings. The summed E-state index contributed by atoms with van der Waals surface area (Å²) in [5, 5.41) is 15.4. The molecule has 1 heterocycles. The molecule has 2 rings (SSSR count). The van der Waals surface area contributed by atoms with E-state index in [2.05, 4.69) is 12.2 Å². The van der Waals surface area contributed by atoms with Gasteiger partial charge in [-0.3, -0.25) is 4.79 Å². The van der Waals surface area contributed by atoms with Gasteiger partial charge >= 0.3 is 0 Å². The molecule has 0 saturated heterocycles. The average molecular weight is 285 g/mol. The number of aliphatic hydroxyl groups is 1. The van der Waals surface area contributed by atoms with E-state index in [1.807, 2.05) is 17.5 Å². The molecule has 1 fully saturated rings. The minimum Gasteiger partial charge on any atom is -0.387 e. The quantitative estimate of drug-likeness (QED) is 0.841. The third kappa shape index (κ3) is 3.28. The molecule has 0 aromatic carbocycles. The Morgan fingerprint density at radius 1 is 1.72 bits per heavy atom. The van der Waals surface area contributed by atoms with E-state index in [-0.39, 0.29) is 11.2 Å². The van der Waals surface area contributed by atoms with E-state index in [1.165, 1.54) is 0 Å². The number of amides is 1. The van der Waals surface area contributed by atoms with Crippen LogP contribution in [0.2, 0.25) is 0 Å². The molecule has 0 bridgehead atoms. The Labute approximate surface area is 116 Å². The number of carbonyl (C=O) groups excluding carboxylic acids is 1. The van der Waals surface area contributed by atoms with Gasteiger partial charge in [0, 0.05) is 16.7 Å². The topological polar surface area (TPSA) is 49.3 Å². The van der Waals surface area contributed by atoms with E-state index in [4.69, 9.17) is 0 Å². The highest BCUT2D eigenvalue weighted by Crippen LogP contribution is 2.40. The zero-order valence-corrected chi connectivity index (χ0v) is 12.1. The lowest BCUT2D eigenvalue weighted by molar-refractivity contribution is -0.122. The van der Waals surface area contributed by atoms with Gasteiger partial charge in [0.25, 0.3) is 0 Å². The molecule has 1 aliphatic carbocycles. The van der Waals surface area contributed by atoms with Crippen LogP contribution in [0.4, 0.5) is 0 Å². The molecule has 18 heavy (non-hydrogen) atoms. The monoisotopic (exact) mass is 285 g/mol. The minimum atomic E-state index is -0.689. The van der Waals surface area contributed by atoms with E-state index in [0.29, 0.717) is 13.0 Å². The van der Waals surface area contributed by atoms with Crippen molar-refractivity contribution < 1.29 is 9.90 Å². The molecule has 1 amide bonds. The summed E-state index contributed by atoms with van der Waals surface area (Å²) in [5.41, 5.74) is -0.689. The third-order valence-electron chi connectivity index (χ3n) is 3.31. The molecule has 5 heteroatoms. The molecule has 0 unspecified atom stereocenters. The molecule has 3 nitrogen and oxygen atoms in total. The van der Waals surface area contributed by atoms with Crippen molar-refractivity contribution in [2.24, 2.45) is 0 Å². The fraction of sp³-hybridized carbons (Fsp3) is 0.615. The van der Waals surface area contributed by atoms with Crippen molar-refractivity contribution in [2.45, 2.75) is 37.0 Å². The first-order chi connectivity index (χ1) is 8.64. The lowest BCUT2D eigenvalue weighted by Gasteiger charge is -2.45. The Hall–Kier alpha value is -0.520. The Morgan fingerprint density at radius 2 is 2.56 bits per heavy atom. The fourth-order valence-electron chi connectivity index (χ4n) is 2.12. The van der Waals surface area contributed by atoms with Crippen LogP contribution in [0.5, 0.6) is 0 Å². The SMILES string of the molecule is CCS[C@@H]1CC[C@]1(O)CNC(=O)Cc1cccs1. The molecule has 0 spiro atoms. The lowest BCUT2D eigenvalue weighted by atomic mass is 9.79. The van der Waals surface area contributed by atoms with E-state index < -0.39 is 5.60 Å². The number of nitrogens with one attached hydrogen (secondary N) is 1.